The van der Waals surface area contributed by atoms with Gasteiger partial charge in [-0.2, -0.15) is 0 Å². The van der Waals surface area contributed by atoms with Crippen LogP contribution in [0, 0.1) is 11.8 Å². The van der Waals surface area contributed by atoms with Crippen molar-refractivity contribution in [3.8, 4) is 0 Å². The van der Waals surface area contributed by atoms with Gasteiger partial charge in [-0.3, -0.25) is 14.8 Å². The number of carboxylic acid groups (broad SMARTS) is 1. The first-order valence-corrected chi connectivity index (χ1v) is 7.87. The van der Waals surface area contributed by atoms with E-state index >= 15 is 0 Å². The lowest BCUT2D eigenvalue weighted by molar-refractivity contribution is -0.147. The molecule has 2 unspecified atom stereocenters. The molecule has 8 heteroatoms. The number of amides is 2. The van der Waals surface area contributed by atoms with Crippen LogP contribution in [0.5, 0.6) is 0 Å². The molecule has 8 nitrogen and oxygen atoms in total. The number of fused-ring (bicyclic) bond motifs is 1. The van der Waals surface area contributed by atoms with Crippen LogP contribution < -0.4 is 10.8 Å². The van der Waals surface area contributed by atoms with Crippen LogP contribution in [-0.2, 0) is 20.8 Å². The molecular formula is C17H21N3O5. The van der Waals surface area contributed by atoms with Crippen LogP contribution >= 0.6 is 0 Å². The minimum atomic E-state index is -1.20. The molecule has 1 aromatic heterocycles. The average Bonchev–Trinajstić information content (AvgIpc) is 2.97. The molecule has 2 aromatic rings. The van der Waals surface area contributed by atoms with Gasteiger partial charge in [-0.1, -0.05) is 32.0 Å². The van der Waals surface area contributed by atoms with Crippen LogP contribution in [0.4, 0.5) is 0 Å². The number of aromatic amines is 1. The van der Waals surface area contributed by atoms with Crippen LogP contribution in [0.15, 0.2) is 30.5 Å². The number of rotatable bonds is 7. The maximum Gasteiger partial charge on any atom is 0.326 e. The molecule has 2 amide bonds. The number of hydroxylamine groups is 1. The summed E-state index contributed by atoms with van der Waals surface area (Å²) in [6.07, 6.45) is 1.77. The Balaban J connectivity index is 2.19. The van der Waals surface area contributed by atoms with Crippen molar-refractivity contribution in [2.75, 3.05) is 0 Å². The van der Waals surface area contributed by atoms with Crippen LogP contribution in [0.2, 0.25) is 0 Å². The zero-order chi connectivity index (χ0) is 18.6. The third-order valence-corrected chi connectivity index (χ3v) is 4.06. The summed E-state index contributed by atoms with van der Waals surface area (Å²) in [5, 5.41) is 21.5. The smallest absolute Gasteiger partial charge is 0.326 e. The van der Waals surface area contributed by atoms with E-state index < -0.39 is 35.7 Å². The van der Waals surface area contributed by atoms with Crippen molar-refractivity contribution in [2.45, 2.75) is 26.3 Å². The predicted molar refractivity (Wildman–Crippen MR) is 89.8 cm³/mol. The van der Waals surface area contributed by atoms with Crippen molar-refractivity contribution >= 4 is 28.7 Å². The molecule has 0 bridgehead atoms. The lowest BCUT2D eigenvalue weighted by Crippen LogP contribution is -2.49. The quantitative estimate of drug-likeness (QED) is 0.290. The first-order valence-electron chi connectivity index (χ1n) is 7.87. The fraction of sp³-hybridized carbons (Fsp3) is 0.353. The van der Waals surface area contributed by atoms with Gasteiger partial charge in [-0.25, -0.2) is 10.3 Å². The van der Waals surface area contributed by atoms with Crippen LogP contribution in [0.1, 0.15) is 19.4 Å². The normalized spacial score (nSPS) is 13.4. The van der Waals surface area contributed by atoms with Crippen molar-refractivity contribution in [3.63, 3.8) is 0 Å². The zero-order valence-electron chi connectivity index (χ0n) is 13.9. The second-order valence-corrected chi connectivity index (χ2v) is 6.16. The van der Waals surface area contributed by atoms with Crippen molar-refractivity contribution < 1.29 is 24.7 Å². The molecule has 1 aromatic carbocycles. The molecule has 1 heterocycles. The SMILES string of the molecule is CC(C)C(C(=O)NO)C(=O)NC(Cc1c[nH]c2ccccc12)C(=O)O. The fourth-order valence-corrected chi connectivity index (χ4v) is 2.78. The molecule has 134 valence electrons. The molecule has 0 radical (unpaired) electrons. The Morgan fingerprint density at radius 3 is 2.44 bits per heavy atom. The Labute approximate surface area is 144 Å². The standard InChI is InChI=1S/C17H21N3O5/c1-9(2)14(16(22)20-25)15(21)19-13(17(23)24)7-10-8-18-12-6-4-3-5-11(10)12/h3-6,8-9,13-14,18,25H,7H2,1-2H3,(H,19,21)(H,20,22)(H,23,24). The molecule has 0 aliphatic rings. The fourth-order valence-electron chi connectivity index (χ4n) is 2.78. The molecule has 0 aliphatic carbocycles. The van der Waals surface area contributed by atoms with Gasteiger partial charge in [0.1, 0.15) is 12.0 Å². The van der Waals surface area contributed by atoms with E-state index in [2.05, 4.69) is 10.3 Å². The highest BCUT2D eigenvalue weighted by Gasteiger charge is 2.32. The average molecular weight is 347 g/mol. The lowest BCUT2D eigenvalue weighted by atomic mass is 9.93. The molecule has 0 aliphatic heterocycles. The van der Waals surface area contributed by atoms with Gasteiger partial charge in [0.25, 0.3) is 5.91 Å². The number of aliphatic carboxylic acids is 1. The molecule has 0 saturated heterocycles. The molecule has 0 saturated carbocycles. The van der Waals surface area contributed by atoms with E-state index in [4.69, 9.17) is 5.21 Å². The zero-order valence-corrected chi connectivity index (χ0v) is 13.9. The molecule has 2 atom stereocenters. The van der Waals surface area contributed by atoms with Gasteiger partial charge in [-0.15, -0.1) is 0 Å². The summed E-state index contributed by atoms with van der Waals surface area (Å²) < 4.78 is 0. The third-order valence-electron chi connectivity index (χ3n) is 4.06. The number of hydrogen-bond acceptors (Lipinski definition) is 4. The molecule has 25 heavy (non-hydrogen) atoms. The van der Waals surface area contributed by atoms with E-state index in [1.165, 1.54) is 5.48 Å². The number of carbonyl (C=O) groups is 3. The van der Waals surface area contributed by atoms with Gasteiger partial charge >= 0.3 is 5.97 Å². The largest absolute Gasteiger partial charge is 0.480 e. The molecule has 2 rings (SSSR count). The Kier molecular flexibility index (Phi) is 5.76. The number of aromatic nitrogens is 1. The van der Waals surface area contributed by atoms with E-state index in [9.17, 15) is 19.5 Å². The van der Waals surface area contributed by atoms with E-state index in [0.29, 0.717) is 0 Å². The molecular weight excluding hydrogens is 326 g/mol. The monoisotopic (exact) mass is 347 g/mol. The van der Waals surface area contributed by atoms with E-state index in [1.807, 2.05) is 24.3 Å². The number of nitrogens with one attached hydrogen (secondary N) is 3. The van der Waals surface area contributed by atoms with E-state index in [-0.39, 0.29) is 6.42 Å². The Morgan fingerprint density at radius 2 is 1.84 bits per heavy atom. The van der Waals surface area contributed by atoms with Crippen molar-refractivity contribution in [3.05, 3.63) is 36.0 Å². The van der Waals surface area contributed by atoms with Crippen molar-refractivity contribution in [1.29, 1.82) is 0 Å². The summed E-state index contributed by atoms with van der Waals surface area (Å²) in [5.41, 5.74) is 3.06. The van der Waals surface area contributed by atoms with Crippen molar-refractivity contribution in [2.24, 2.45) is 11.8 Å². The summed E-state index contributed by atoms with van der Waals surface area (Å²) in [5.74, 6) is -4.41. The van der Waals surface area contributed by atoms with Crippen LogP contribution in [0.25, 0.3) is 10.9 Å². The number of H-pyrrole nitrogens is 1. The number of para-hydroxylation sites is 1. The lowest BCUT2D eigenvalue weighted by Gasteiger charge is -2.21. The Hall–Kier alpha value is -2.87. The van der Waals surface area contributed by atoms with Gasteiger partial charge in [0, 0.05) is 23.5 Å². The first-order chi connectivity index (χ1) is 11.8. The van der Waals surface area contributed by atoms with Crippen molar-refractivity contribution in [1.82, 2.24) is 15.8 Å². The summed E-state index contributed by atoms with van der Waals surface area (Å²) in [6, 6.07) is 6.24. The number of hydrogen-bond donors (Lipinski definition) is 5. The third kappa shape index (κ3) is 4.16. The van der Waals surface area contributed by atoms with Crippen LogP contribution in [-0.4, -0.2) is 39.1 Å². The summed E-state index contributed by atoms with van der Waals surface area (Å²) >= 11 is 0. The Bertz CT molecular complexity index is 783. The summed E-state index contributed by atoms with van der Waals surface area (Å²) in [7, 11) is 0. The second-order valence-electron chi connectivity index (χ2n) is 6.16. The van der Waals surface area contributed by atoms with Gasteiger partial charge in [0.05, 0.1) is 0 Å². The highest BCUT2D eigenvalue weighted by Crippen LogP contribution is 2.19. The van der Waals surface area contributed by atoms with Crippen LogP contribution in [0.3, 0.4) is 0 Å². The first kappa shape index (κ1) is 18.5. The van der Waals surface area contributed by atoms with E-state index in [1.54, 1.807) is 20.0 Å². The Morgan fingerprint density at radius 1 is 1.16 bits per heavy atom. The summed E-state index contributed by atoms with van der Waals surface area (Å²) in [4.78, 5) is 38.6. The minimum Gasteiger partial charge on any atom is -0.480 e. The highest BCUT2D eigenvalue weighted by atomic mass is 16.5. The maximum atomic E-state index is 12.3. The summed E-state index contributed by atoms with van der Waals surface area (Å²) in [6.45, 7) is 3.27. The minimum absolute atomic E-state index is 0.0661. The second kappa shape index (κ2) is 7.80. The van der Waals surface area contributed by atoms with Gasteiger partial charge in [0.2, 0.25) is 5.91 Å². The van der Waals surface area contributed by atoms with E-state index in [0.717, 1.165) is 16.5 Å². The maximum absolute atomic E-state index is 12.3. The predicted octanol–water partition coefficient (Wildman–Crippen LogP) is 1.06. The van der Waals surface area contributed by atoms with Gasteiger partial charge in [-0.05, 0) is 17.5 Å². The number of carbonyl (C=O) groups excluding carboxylic acids is 2. The number of benzene rings is 1. The molecule has 5 N–H and O–H groups in total. The molecule has 0 fully saturated rings. The highest BCUT2D eigenvalue weighted by molar-refractivity contribution is 6.01. The topological polar surface area (TPSA) is 132 Å². The number of carboxylic acids is 1. The van der Waals surface area contributed by atoms with Gasteiger partial charge in [0.15, 0.2) is 0 Å². The van der Waals surface area contributed by atoms with Gasteiger partial charge < -0.3 is 15.4 Å². The molecule has 0 spiro atoms.